The highest BCUT2D eigenvalue weighted by Gasteiger charge is 2.23. The normalized spacial score (nSPS) is 23.8. The summed E-state index contributed by atoms with van der Waals surface area (Å²) in [6.07, 6.45) is 5.05. The zero-order chi connectivity index (χ0) is 13.2. The predicted molar refractivity (Wildman–Crippen MR) is 80.7 cm³/mol. The molecular weight excluding hydrogens is 278 g/mol. The first-order valence-corrected chi connectivity index (χ1v) is 8.22. The van der Waals surface area contributed by atoms with Crippen LogP contribution >= 0.6 is 23.1 Å². The van der Waals surface area contributed by atoms with Crippen LogP contribution in [0, 0.1) is 0 Å². The Kier molecular flexibility index (Phi) is 3.91. The third-order valence-corrected chi connectivity index (χ3v) is 5.48. The molecule has 1 fully saturated rings. The number of thiophene rings is 1. The fraction of sp³-hybridized carbons (Fsp3) is 0.538. The molecule has 2 unspecified atom stereocenters. The second kappa shape index (κ2) is 5.64. The predicted octanol–water partition coefficient (Wildman–Crippen LogP) is 3.32. The maximum Gasteiger partial charge on any atom is 0.191 e. The van der Waals surface area contributed by atoms with Gasteiger partial charge in [0.25, 0.3) is 0 Å². The van der Waals surface area contributed by atoms with Crippen LogP contribution in [0.1, 0.15) is 25.7 Å². The van der Waals surface area contributed by atoms with E-state index < -0.39 is 0 Å². The molecule has 2 heterocycles. The standard InChI is InChI=1S/C13H17N3OS2/c1-17-8-3-2-4-9(7-8)19-13-15-11(14)10-5-6-18-12(10)16-13/h5-6,8-9H,2-4,7H2,1H3,(H2,14,15,16). The van der Waals surface area contributed by atoms with E-state index in [1.807, 2.05) is 11.4 Å². The van der Waals surface area contributed by atoms with E-state index in [1.165, 1.54) is 19.3 Å². The van der Waals surface area contributed by atoms with E-state index in [0.29, 0.717) is 17.2 Å². The molecule has 0 bridgehead atoms. The molecule has 0 spiro atoms. The van der Waals surface area contributed by atoms with E-state index in [9.17, 15) is 0 Å². The Morgan fingerprint density at radius 3 is 3.16 bits per heavy atom. The molecule has 0 amide bonds. The molecule has 2 N–H and O–H groups in total. The zero-order valence-electron chi connectivity index (χ0n) is 10.8. The van der Waals surface area contributed by atoms with Crippen LogP contribution in [0.4, 0.5) is 5.82 Å². The summed E-state index contributed by atoms with van der Waals surface area (Å²) in [5.41, 5.74) is 5.98. The van der Waals surface area contributed by atoms with Crippen LogP contribution in [0.15, 0.2) is 16.6 Å². The molecule has 1 aliphatic rings. The van der Waals surface area contributed by atoms with Gasteiger partial charge in [-0.05, 0) is 37.1 Å². The number of anilines is 1. The number of nitrogen functional groups attached to an aromatic ring is 1. The van der Waals surface area contributed by atoms with Gasteiger partial charge in [0, 0.05) is 12.4 Å². The van der Waals surface area contributed by atoms with Crippen molar-refractivity contribution in [3.63, 3.8) is 0 Å². The van der Waals surface area contributed by atoms with Crippen LogP contribution < -0.4 is 5.73 Å². The molecule has 3 rings (SSSR count). The second-order valence-electron chi connectivity index (χ2n) is 4.80. The molecule has 0 radical (unpaired) electrons. The fourth-order valence-corrected chi connectivity index (χ4v) is 4.50. The molecule has 2 atom stereocenters. The van der Waals surface area contributed by atoms with E-state index in [4.69, 9.17) is 10.5 Å². The van der Waals surface area contributed by atoms with E-state index in [2.05, 4.69) is 9.97 Å². The monoisotopic (exact) mass is 295 g/mol. The second-order valence-corrected chi connectivity index (χ2v) is 6.96. The Morgan fingerprint density at radius 1 is 1.42 bits per heavy atom. The van der Waals surface area contributed by atoms with Crippen molar-refractivity contribution < 1.29 is 4.74 Å². The highest BCUT2D eigenvalue weighted by atomic mass is 32.2. The number of hydrogen-bond acceptors (Lipinski definition) is 6. The van der Waals surface area contributed by atoms with Crippen LogP contribution in [0.2, 0.25) is 0 Å². The Labute approximate surface area is 120 Å². The third-order valence-electron chi connectivity index (χ3n) is 3.52. The zero-order valence-corrected chi connectivity index (χ0v) is 12.5. The number of ether oxygens (including phenoxy) is 1. The first-order valence-electron chi connectivity index (χ1n) is 6.46. The summed E-state index contributed by atoms with van der Waals surface area (Å²) in [4.78, 5) is 9.99. The molecule has 2 aromatic rings. The average Bonchev–Trinajstić information content (AvgIpc) is 2.88. The number of hydrogen-bond donors (Lipinski definition) is 1. The summed E-state index contributed by atoms with van der Waals surface area (Å²) in [6.45, 7) is 0. The first-order chi connectivity index (χ1) is 9.26. The van der Waals surface area contributed by atoms with Gasteiger partial charge >= 0.3 is 0 Å². The minimum Gasteiger partial charge on any atom is -0.383 e. The summed E-state index contributed by atoms with van der Waals surface area (Å²) in [7, 11) is 1.80. The maximum atomic E-state index is 5.98. The molecule has 6 heteroatoms. The summed E-state index contributed by atoms with van der Waals surface area (Å²) in [5.74, 6) is 0.591. The molecule has 4 nitrogen and oxygen atoms in total. The summed E-state index contributed by atoms with van der Waals surface area (Å²) in [6, 6.07) is 1.98. The largest absolute Gasteiger partial charge is 0.383 e. The topological polar surface area (TPSA) is 61.0 Å². The van der Waals surface area contributed by atoms with Crippen LogP contribution in [0.25, 0.3) is 10.2 Å². The minimum atomic E-state index is 0.383. The minimum absolute atomic E-state index is 0.383. The van der Waals surface area contributed by atoms with Crippen LogP contribution in [-0.2, 0) is 4.74 Å². The van der Waals surface area contributed by atoms with Gasteiger partial charge in [-0.15, -0.1) is 11.3 Å². The Hall–Kier alpha value is -0.850. The molecule has 1 saturated carbocycles. The highest BCUT2D eigenvalue weighted by Crippen LogP contribution is 2.35. The van der Waals surface area contributed by atoms with E-state index in [0.717, 1.165) is 21.8 Å². The third kappa shape index (κ3) is 2.85. The number of fused-ring (bicyclic) bond motifs is 1. The van der Waals surface area contributed by atoms with Crippen molar-refractivity contribution in [3.8, 4) is 0 Å². The van der Waals surface area contributed by atoms with Crippen molar-refractivity contribution in [1.29, 1.82) is 0 Å². The number of rotatable bonds is 3. The Balaban J connectivity index is 1.77. The first kappa shape index (κ1) is 13.1. The van der Waals surface area contributed by atoms with Crippen LogP contribution in [-0.4, -0.2) is 28.4 Å². The van der Waals surface area contributed by atoms with E-state index in [1.54, 1.807) is 30.2 Å². The van der Waals surface area contributed by atoms with Crippen molar-refractivity contribution in [1.82, 2.24) is 9.97 Å². The number of nitrogens with zero attached hydrogens (tertiary/aromatic N) is 2. The van der Waals surface area contributed by atoms with Gasteiger partial charge in [0.2, 0.25) is 0 Å². The number of thioether (sulfide) groups is 1. The maximum absolute atomic E-state index is 5.98. The van der Waals surface area contributed by atoms with Gasteiger partial charge in [-0.2, -0.15) is 0 Å². The molecule has 0 aromatic carbocycles. The summed E-state index contributed by atoms with van der Waals surface area (Å²) < 4.78 is 5.46. The van der Waals surface area contributed by atoms with Crippen molar-refractivity contribution in [3.05, 3.63) is 11.4 Å². The smallest absolute Gasteiger partial charge is 0.191 e. The van der Waals surface area contributed by atoms with Gasteiger partial charge in [-0.1, -0.05) is 11.8 Å². The fourth-order valence-electron chi connectivity index (χ4n) is 2.48. The van der Waals surface area contributed by atoms with Gasteiger partial charge in [-0.3, -0.25) is 0 Å². The molecule has 19 heavy (non-hydrogen) atoms. The lowest BCUT2D eigenvalue weighted by Gasteiger charge is -2.27. The molecule has 0 aliphatic heterocycles. The van der Waals surface area contributed by atoms with Crippen molar-refractivity contribution in [2.45, 2.75) is 42.2 Å². The lowest BCUT2D eigenvalue weighted by molar-refractivity contribution is 0.0730. The number of aromatic nitrogens is 2. The lowest BCUT2D eigenvalue weighted by Crippen LogP contribution is -2.23. The molecular formula is C13H17N3OS2. The summed E-state index contributed by atoms with van der Waals surface area (Å²) >= 11 is 3.35. The van der Waals surface area contributed by atoms with E-state index >= 15 is 0 Å². The number of nitrogens with two attached hydrogens (primary N) is 1. The van der Waals surface area contributed by atoms with Gasteiger partial charge in [-0.25, -0.2) is 9.97 Å². The van der Waals surface area contributed by atoms with Crippen molar-refractivity contribution in [2.75, 3.05) is 12.8 Å². The van der Waals surface area contributed by atoms with Gasteiger partial charge in [0.15, 0.2) is 5.16 Å². The number of methoxy groups -OCH3 is 1. The SMILES string of the molecule is COC1CCCC(Sc2nc(N)c3ccsc3n2)C1. The van der Waals surface area contributed by atoms with Gasteiger partial charge in [0.1, 0.15) is 10.6 Å². The van der Waals surface area contributed by atoms with E-state index in [-0.39, 0.29) is 0 Å². The van der Waals surface area contributed by atoms with Gasteiger partial charge in [0.05, 0.1) is 11.5 Å². The highest BCUT2D eigenvalue weighted by molar-refractivity contribution is 7.99. The quantitative estimate of drug-likeness (QED) is 0.880. The lowest BCUT2D eigenvalue weighted by atomic mass is 9.97. The van der Waals surface area contributed by atoms with Crippen LogP contribution in [0.3, 0.4) is 0 Å². The average molecular weight is 295 g/mol. The van der Waals surface area contributed by atoms with Gasteiger partial charge < -0.3 is 10.5 Å². The Morgan fingerprint density at radius 2 is 2.32 bits per heavy atom. The van der Waals surface area contributed by atoms with Crippen molar-refractivity contribution >= 4 is 39.1 Å². The molecule has 102 valence electrons. The summed E-state index contributed by atoms with van der Waals surface area (Å²) in [5, 5.41) is 4.31. The van der Waals surface area contributed by atoms with Crippen LogP contribution in [0.5, 0.6) is 0 Å². The van der Waals surface area contributed by atoms with Crippen molar-refractivity contribution in [2.24, 2.45) is 0 Å². The molecule has 2 aromatic heterocycles. The Bertz CT molecular complexity index is 572. The molecule has 0 saturated heterocycles. The molecule has 1 aliphatic carbocycles.